The number of nitrogens with zero attached hydrogens (tertiary/aromatic N) is 3. The van der Waals surface area contributed by atoms with Gasteiger partial charge in [-0.2, -0.15) is 0 Å². The van der Waals surface area contributed by atoms with Crippen LogP contribution in [0.2, 0.25) is 0 Å². The first-order valence-electron chi connectivity index (χ1n) is 7.03. The van der Waals surface area contributed by atoms with Gasteiger partial charge in [-0.15, -0.1) is 0 Å². The third-order valence-corrected chi connectivity index (χ3v) is 3.90. The predicted octanol–water partition coefficient (Wildman–Crippen LogP) is 4.10. The maximum Gasteiger partial charge on any atom is 0.145 e. The lowest BCUT2D eigenvalue weighted by molar-refractivity contribution is 0.965. The molecule has 0 aliphatic heterocycles. The molecule has 0 unspecified atom stereocenters. The molecule has 21 heavy (non-hydrogen) atoms. The number of fused-ring (bicyclic) bond motifs is 3. The Kier molecular flexibility index (Phi) is 2.54. The van der Waals surface area contributed by atoms with Crippen molar-refractivity contribution in [1.29, 1.82) is 0 Å². The Bertz CT molecular complexity index is 952. The van der Waals surface area contributed by atoms with Crippen molar-refractivity contribution in [1.82, 2.24) is 14.5 Å². The quantitative estimate of drug-likeness (QED) is 0.523. The van der Waals surface area contributed by atoms with Gasteiger partial charge in [0.25, 0.3) is 0 Å². The van der Waals surface area contributed by atoms with E-state index in [0.29, 0.717) is 0 Å². The third kappa shape index (κ3) is 1.74. The molecule has 4 rings (SSSR count). The van der Waals surface area contributed by atoms with E-state index >= 15 is 0 Å². The molecule has 0 amide bonds. The Morgan fingerprint density at radius 1 is 0.857 bits per heavy atom. The van der Waals surface area contributed by atoms with Gasteiger partial charge in [-0.1, -0.05) is 48.5 Å². The minimum atomic E-state index is 0.798. The second kappa shape index (κ2) is 4.42. The third-order valence-electron chi connectivity index (χ3n) is 3.90. The summed E-state index contributed by atoms with van der Waals surface area (Å²) in [6, 6.07) is 18.7. The van der Waals surface area contributed by atoms with E-state index in [1.54, 1.807) is 0 Å². The molecular formula is C18H15N3. The van der Waals surface area contributed by atoms with Gasteiger partial charge in [-0.05, 0) is 13.0 Å². The summed E-state index contributed by atoms with van der Waals surface area (Å²) >= 11 is 0. The molecule has 0 fully saturated rings. The van der Waals surface area contributed by atoms with Gasteiger partial charge >= 0.3 is 0 Å². The zero-order valence-corrected chi connectivity index (χ0v) is 12.0. The molecule has 0 aliphatic rings. The molecule has 0 radical (unpaired) electrons. The molecule has 0 aliphatic carbocycles. The number of hydrogen-bond acceptors (Lipinski definition) is 2. The first kappa shape index (κ1) is 12.1. The molecule has 0 spiro atoms. The highest BCUT2D eigenvalue weighted by atomic mass is 15.0. The summed E-state index contributed by atoms with van der Waals surface area (Å²) in [6.45, 7) is 1.95. The fourth-order valence-electron chi connectivity index (χ4n) is 2.95. The summed E-state index contributed by atoms with van der Waals surface area (Å²) in [5.74, 6) is 0.798. The second-order valence-electron chi connectivity index (χ2n) is 5.26. The zero-order valence-electron chi connectivity index (χ0n) is 12.0. The molecule has 2 aromatic carbocycles. The van der Waals surface area contributed by atoms with Crippen molar-refractivity contribution in [2.75, 3.05) is 0 Å². The van der Waals surface area contributed by atoms with Crippen LogP contribution in [0, 0.1) is 6.92 Å². The van der Waals surface area contributed by atoms with Crippen LogP contribution in [-0.2, 0) is 7.05 Å². The summed E-state index contributed by atoms with van der Waals surface area (Å²) in [5, 5.41) is 2.33. The number of aryl methyl sites for hydroxylation is 2. The van der Waals surface area contributed by atoms with Crippen molar-refractivity contribution in [3.05, 3.63) is 60.4 Å². The first-order valence-corrected chi connectivity index (χ1v) is 7.03. The van der Waals surface area contributed by atoms with Crippen LogP contribution in [0.4, 0.5) is 0 Å². The summed E-state index contributed by atoms with van der Waals surface area (Å²) in [7, 11) is 2.06. The topological polar surface area (TPSA) is 30.7 Å². The van der Waals surface area contributed by atoms with Crippen molar-refractivity contribution in [2.24, 2.45) is 7.05 Å². The molecule has 3 nitrogen and oxygen atoms in total. The molecule has 0 atom stereocenters. The lowest BCUT2D eigenvalue weighted by Crippen LogP contribution is -1.96. The summed E-state index contributed by atoms with van der Waals surface area (Å²) < 4.78 is 2.14. The van der Waals surface area contributed by atoms with Crippen LogP contribution >= 0.6 is 0 Å². The first-order chi connectivity index (χ1) is 10.3. The fourth-order valence-corrected chi connectivity index (χ4v) is 2.95. The van der Waals surface area contributed by atoms with Gasteiger partial charge in [0.1, 0.15) is 11.5 Å². The standard InChI is InChI=1S/C18H15N3/c1-12-19-17(13-8-4-3-5-9-13)16-14-10-6-7-11-15(14)21(2)18(16)20-12/h3-11H,1-2H3. The zero-order chi connectivity index (χ0) is 14.4. The van der Waals surface area contributed by atoms with Crippen LogP contribution in [0.3, 0.4) is 0 Å². The van der Waals surface area contributed by atoms with Crippen LogP contribution in [0.5, 0.6) is 0 Å². The Labute approximate surface area is 122 Å². The molecule has 2 aromatic heterocycles. The Morgan fingerprint density at radius 3 is 2.38 bits per heavy atom. The van der Waals surface area contributed by atoms with Crippen LogP contribution in [0.25, 0.3) is 33.2 Å². The lowest BCUT2D eigenvalue weighted by atomic mass is 10.1. The maximum atomic E-state index is 4.71. The molecule has 0 saturated heterocycles. The van der Waals surface area contributed by atoms with E-state index in [1.807, 2.05) is 25.1 Å². The number of hydrogen-bond donors (Lipinski definition) is 0. The number of benzene rings is 2. The number of rotatable bonds is 1. The smallest absolute Gasteiger partial charge is 0.145 e. The monoisotopic (exact) mass is 273 g/mol. The number of aromatic nitrogens is 3. The average molecular weight is 273 g/mol. The van der Waals surface area contributed by atoms with Crippen molar-refractivity contribution >= 4 is 21.9 Å². The summed E-state index contributed by atoms with van der Waals surface area (Å²) in [4.78, 5) is 9.36. The number of para-hydroxylation sites is 1. The Morgan fingerprint density at radius 2 is 1.57 bits per heavy atom. The van der Waals surface area contributed by atoms with Crippen molar-refractivity contribution < 1.29 is 0 Å². The van der Waals surface area contributed by atoms with Crippen molar-refractivity contribution in [3.8, 4) is 11.3 Å². The van der Waals surface area contributed by atoms with E-state index in [4.69, 9.17) is 4.98 Å². The van der Waals surface area contributed by atoms with E-state index in [0.717, 1.165) is 28.1 Å². The minimum absolute atomic E-state index is 0.798. The fraction of sp³-hybridized carbons (Fsp3) is 0.111. The summed E-state index contributed by atoms with van der Waals surface area (Å²) in [5.41, 5.74) is 4.31. The van der Waals surface area contributed by atoms with Gasteiger partial charge in [0.15, 0.2) is 0 Å². The van der Waals surface area contributed by atoms with Gasteiger partial charge in [-0.25, -0.2) is 9.97 Å². The summed E-state index contributed by atoms with van der Waals surface area (Å²) in [6.07, 6.45) is 0. The maximum absolute atomic E-state index is 4.71. The van der Waals surface area contributed by atoms with E-state index in [2.05, 4.69) is 53.0 Å². The Balaban J connectivity index is 2.23. The van der Waals surface area contributed by atoms with E-state index in [-0.39, 0.29) is 0 Å². The molecule has 0 saturated carbocycles. The highest BCUT2D eigenvalue weighted by molar-refractivity contribution is 6.12. The van der Waals surface area contributed by atoms with E-state index in [1.165, 1.54) is 10.9 Å². The van der Waals surface area contributed by atoms with E-state index in [9.17, 15) is 0 Å². The van der Waals surface area contributed by atoms with Gasteiger partial charge < -0.3 is 4.57 Å². The van der Waals surface area contributed by atoms with Gasteiger partial charge in [0, 0.05) is 18.0 Å². The van der Waals surface area contributed by atoms with Crippen LogP contribution in [0.1, 0.15) is 5.82 Å². The Hall–Kier alpha value is -2.68. The predicted molar refractivity (Wildman–Crippen MR) is 86.2 cm³/mol. The second-order valence-corrected chi connectivity index (χ2v) is 5.26. The lowest BCUT2D eigenvalue weighted by Gasteiger charge is -2.05. The van der Waals surface area contributed by atoms with Crippen LogP contribution in [0.15, 0.2) is 54.6 Å². The normalized spacial score (nSPS) is 11.3. The highest BCUT2D eigenvalue weighted by Gasteiger charge is 2.15. The van der Waals surface area contributed by atoms with E-state index < -0.39 is 0 Å². The molecule has 0 N–H and O–H groups in total. The molecule has 3 heteroatoms. The molecule has 4 aromatic rings. The van der Waals surface area contributed by atoms with Crippen molar-refractivity contribution in [3.63, 3.8) is 0 Å². The molecule has 0 bridgehead atoms. The SMILES string of the molecule is Cc1nc(-c2ccccc2)c2c3ccccc3n(C)c2n1. The largest absolute Gasteiger partial charge is 0.328 e. The van der Waals surface area contributed by atoms with Gasteiger partial charge in [-0.3, -0.25) is 0 Å². The van der Waals surface area contributed by atoms with Crippen LogP contribution in [-0.4, -0.2) is 14.5 Å². The van der Waals surface area contributed by atoms with Crippen molar-refractivity contribution in [2.45, 2.75) is 6.92 Å². The minimum Gasteiger partial charge on any atom is -0.328 e. The molecular weight excluding hydrogens is 258 g/mol. The highest BCUT2D eigenvalue weighted by Crippen LogP contribution is 2.33. The molecule has 2 heterocycles. The molecule has 102 valence electrons. The van der Waals surface area contributed by atoms with Crippen LogP contribution < -0.4 is 0 Å². The van der Waals surface area contributed by atoms with Gasteiger partial charge in [0.2, 0.25) is 0 Å². The average Bonchev–Trinajstić information content (AvgIpc) is 2.81. The van der Waals surface area contributed by atoms with Gasteiger partial charge in [0.05, 0.1) is 16.6 Å².